The monoisotopic (exact) mass is 109 g/mol. The number of aliphatic imine (C=N–C) groups is 1. The minimum absolute atomic E-state index is 0.712. The summed E-state index contributed by atoms with van der Waals surface area (Å²) in [5.74, 6) is 1.88. The first kappa shape index (κ1) is 5.26. The molecule has 0 aliphatic carbocycles. The van der Waals surface area contributed by atoms with Gasteiger partial charge in [-0.15, -0.1) is 0 Å². The number of nitrogens with zero attached hydrogens (tertiary/aromatic N) is 1. The lowest BCUT2D eigenvalue weighted by molar-refractivity contribution is 0.565. The number of carbonyl (C=O) groups excluding carboxylic acids is 1. The topological polar surface area (TPSA) is 29.4 Å². The Hall–Kier alpha value is -0.880. The third kappa shape index (κ3) is 1.04. The van der Waals surface area contributed by atoms with Crippen molar-refractivity contribution < 1.29 is 4.79 Å². The summed E-state index contributed by atoms with van der Waals surface area (Å²) >= 11 is 0. The Labute approximate surface area is 47.9 Å². The predicted octanol–water partition coefficient (Wildman–Crippen LogP) is 0.609. The van der Waals surface area contributed by atoms with Gasteiger partial charge in [-0.3, -0.25) is 4.99 Å². The van der Waals surface area contributed by atoms with E-state index in [4.69, 9.17) is 0 Å². The second-order valence-corrected chi connectivity index (χ2v) is 1.75. The van der Waals surface area contributed by atoms with Gasteiger partial charge in [0.15, 0.2) is 0 Å². The standard InChI is InChI=1S/C6H7NO/c8-5-6-1-3-7-4-2-6/h3H,1-2,4H2. The van der Waals surface area contributed by atoms with Gasteiger partial charge < -0.3 is 0 Å². The highest BCUT2D eigenvalue weighted by Crippen LogP contribution is 2.04. The van der Waals surface area contributed by atoms with E-state index in [9.17, 15) is 4.79 Å². The van der Waals surface area contributed by atoms with E-state index in [1.807, 2.05) is 5.94 Å². The molecule has 1 aliphatic rings. The molecule has 0 atom stereocenters. The van der Waals surface area contributed by atoms with E-state index in [-0.39, 0.29) is 0 Å². The highest BCUT2D eigenvalue weighted by Gasteiger charge is 1.98. The summed E-state index contributed by atoms with van der Waals surface area (Å²) in [6.07, 6.45) is 3.28. The summed E-state index contributed by atoms with van der Waals surface area (Å²) in [6, 6.07) is 0. The molecule has 0 aromatic rings. The fourth-order valence-electron chi connectivity index (χ4n) is 0.660. The molecule has 0 unspecified atom stereocenters. The molecule has 0 bridgehead atoms. The third-order valence-electron chi connectivity index (χ3n) is 1.15. The molecule has 0 saturated carbocycles. The Morgan fingerprint density at radius 1 is 1.75 bits per heavy atom. The molecule has 2 heteroatoms. The second-order valence-electron chi connectivity index (χ2n) is 1.75. The van der Waals surface area contributed by atoms with Gasteiger partial charge >= 0.3 is 0 Å². The van der Waals surface area contributed by atoms with Gasteiger partial charge in [-0.25, -0.2) is 4.79 Å². The van der Waals surface area contributed by atoms with Crippen molar-refractivity contribution in [2.75, 3.05) is 6.54 Å². The Kier molecular flexibility index (Phi) is 1.60. The molecule has 1 heterocycles. The van der Waals surface area contributed by atoms with Crippen LogP contribution in [0.3, 0.4) is 0 Å². The first-order chi connectivity index (χ1) is 3.93. The Morgan fingerprint density at radius 3 is 3.00 bits per heavy atom. The Morgan fingerprint density at radius 2 is 2.62 bits per heavy atom. The molecule has 0 fully saturated rings. The van der Waals surface area contributed by atoms with Crippen molar-refractivity contribution in [3.05, 3.63) is 5.57 Å². The molecule has 0 saturated heterocycles. The SMILES string of the molecule is O=C=C1CC=NCC1. The van der Waals surface area contributed by atoms with Gasteiger partial charge in [0.2, 0.25) is 0 Å². The maximum atomic E-state index is 9.94. The van der Waals surface area contributed by atoms with Crippen LogP contribution >= 0.6 is 0 Å². The van der Waals surface area contributed by atoms with Crippen LogP contribution in [0.4, 0.5) is 0 Å². The first-order valence-electron chi connectivity index (χ1n) is 2.64. The van der Waals surface area contributed by atoms with Crippen LogP contribution in [0.25, 0.3) is 0 Å². The second kappa shape index (κ2) is 2.43. The largest absolute Gasteiger partial charge is 0.297 e. The molecule has 0 radical (unpaired) electrons. The van der Waals surface area contributed by atoms with E-state index in [2.05, 4.69) is 4.99 Å². The van der Waals surface area contributed by atoms with Crippen molar-refractivity contribution in [2.45, 2.75) is 12.8 Å². The van der Waals surface area contributed by atoms with Crippen LogP contribution in [0.1, 0.15) is 12.8 Å². The van der Waals surface area contributed by atoms with E-state index >= 15 is 0 Å². The molecule has 0 amide bonds. The molecule has 0 N–H and O–H groups in total. The number of rotatable bonds is 0. The van der Waals surface area contributed by atoms with Crippen LogP contribution in [0.5, 0.6) is 0 Å². The van der Waals surface area contributed by atoms with Crippen molar-refractivity contribution >= 4 is 12.2 Å². The zero-order valence-electron chi connectivity index (χ0n) is 4.55. The molecule has 8 heavy (non-hydrogen) atoms. The summed E-state index contributed by atoms with van der Waals surface area (Å²) in [5.41, 5.74) is 0.847. The van der Waals surface area contributed by atoms with Crippen molar-refractivity contribution in [2.24, 2.45) is 4.99 Å². The van der Waals surface area contributed by atoms with Crippen LogP contribution in [-0.4, -0.2) is 18.7 Å². The number of hydrogen-bond donors (Lipinski definition) is 0. The maximum Gasteiger partial charge on any atom is 0.123 e. The molecule has 2 nitrogen and oxygen atoms in total. The quantitative estimate of drug-likeness (QED) is 0.419. The molecule has 0 aromatic heterocycles. The van der Waals surface area contributed by atoms with Gasteiger partial charge in [0.25, 0.3) is 0 Å². The van der Waals surface area contributed by atoms with Crippen molar-refractivity contribution in [3.63, 3.8) is 0 Å². The molecule has 0 aromatic carbocycles. The summed E-state index contributed by atoms with van der Waals surface area (Å²) in [6.45, 7) is 0.768. The van der Waals surface area contributed by atoms with E-state index in [1.54, 1.807) is 6.21 Å². The van der Waals surface area contributed by atoms with E-state index < -0.39 is 0 Å². The Bertz CT molecular complexity index is 154. The lowest BCUT2D eigenvalue weighted by Gasteiger charge is -2.00. The van der Waals surface area contributed by atoms with Crippen molar-refractivity contribution in [3.8, 4) is 0 Å². The molecule has 1 rings (SSSR count). The molecule has 1 aliphatic heterocycles. The van der Waals surface area contributed by atoms with Gasteiger partial charge in [-0.2, -0.15) is 0 Å². The minimum Gasteiger partial charge on any atom is -0.297 e. The van der Waals surface area contributed by atoms with Gasteiger partial charge in [-0.1, -0.05) is 0 Å². The predicted molar refractivity (Wildman–Crippen MR) is 31.8 cm³/mol. The van der Waals surface area contributed by atoms with Crippen LogP contribution in [0, 0.1) is 0 Å². The molecule has 0 spiro atoms. The van der Waals surface area contributed by atoms with Crippen molar-refractivity contribution in [1.82, 2.24) is 0 Å². The van der Waals surface area contributed by atoms with E-state index in [0.29, 0.717) is 6.42 Å². The lowest BCUT2D eigenvalue weighted by atomic mass is 10.1. The van der Waals surface area contributed by atoms with Gasteiger partial charge in [0, 0.05) is 24.8 Å². The number of hydrogen-bond acceptors (Lipinski definition) is 2. The summed E-state index contributed by atoms with van der Waals surface area (Å²) in [5, 5.41) is 0. The van der Waals surface area contributed by atoms with Crippen LogP contribution in [-0.2, 0) is 4.79 Å². The zero-order valence-corrected chi connectivity index (χ0v) is 4.55. The van der Waals surface area contributed by atoms with E-state index in [0.717, 1.165) is 18.5 Å². The lowest BCUT2D eigenvalue weighted by Crippen LogP contribution is -1.96. The van der Waals surface area contributed by atoms with E-state index in [1.165, 1.54) is 0 Å². The Balaban J connectivity index is 2.63. The zero-order chi connectivity index (χ0) is 5.82. The summed E-state index contributed by atoms with van der Waals surface area (Å²) < 4.78 is 0. The summed E-state index contributed by atoms with van der Waals surface area (Å²) in [7, 11) is 0. The van der Waals surface area contributed by atoms with Gasteiger partial charge in [0.1, 0.15) is 5.94 Å². The fourth-order valence-corrected chi connectivity index (χ4v) is 0.660. The molecule has 42 valence electrons. The minimum atomic E-state index is 0.712. The summed E-state index contributed by atoms with van der Waals surface area (Å²) in [4.78, 5) is 13.9. The normalized spacial score (nSPS) is 18.2. The first-order valence-corrected chi connectivity index (χ1v) is 2.64. The maximum absolute atomic E-state index is 9.94. The van der Waals surface area contributed by atoms with Gasteiger partial charge in [0.05, 0.1) is 0 Å². The highest BCUT2D eigenvalue weighted by molar-refractivity contribution is 5.69. The third-order valence-corrected chi connectivity index (χ3v) is 1.15. The van der Waals surface area contributed by atoms with Crippen LogP contribution < -0.4 is 0 Å². The fraction of sp³-hybridized carbons (Fsp3) is 0.500. The van der Waals surface area contributed by atoms with Gasteiger partial charge in [-0.05, 0) is 6.42 Å². The average Bonchev–Trinajstić information content (AvgIpc) is 1.90. The van der Waals surface area contributed by atoms with Crippen LogP contribution in [0.2, 0.25) is 0 Å². The smallest absolute Gasteiger partial charge is 0.123 e. The molecular weight excluding hydrogens is 102 g/mol. The average molecular weight is 109 g/mol. The van der Waals surface area contributed by atoms with Crippen molar-refractivity contribution in [1.29, 1.82) is 0 Å². The highest BCUT2D eigenvalue weighted by atomic mass is 16.1. The van der Waals surface area contributed by atoms with Crippen LogP contribution in [0.15, 0.2) is 10.6 Å². The molecular formula is C6H7NO.